The largest absolute Gasteiger partial charge is 0.271 e. The van der Waals surface area contributed by atoms with Crippen molar-refractivity contribution in [3.63, 3.8) is 0 Å². The van der Waals surface area contributed by atoms with E-state index in [0.717, 1.165) is 18.1 Å². The van der Waals surface area contributed by atoms with Gasteiger partial charge in [-0.3, -0.25) is 11.3 Å². The van der Waals surface area contributed by atoms with Crippen molar-refractivity contribution in [2.75, 3.05) is 5.75 Å². The van der Waals surface area contributed by atoms with Gasteiger partial charge < -0.3 is 0 Å². The van der Waals surface area contributed by atoms with Crippen LogP contribution in [0.25, 0.3) is 0 Å². The SMILES string of the molecule is NNC(CCC1CC1)CSc1ccccc1F. The van der Waals surface area contributed by atoms with Gasteiger partial charge in [0.2, 0.25) is 0 Å². The van der Waals surface area contributed by atoms with Crippen LogP contribution in [0, 0.1) is 11.7 Å². The molecule has 0 saturated heterocycles. The van der Waals surface area contributed by atoms with Crippen molar-refractivity contribution in [1.82, 2.24) is 5.43 Å². The molecule has 0 heterocycles. The summed E-state index contributed by atoms with van der Waals surface area (Å²) in [5, 5.41) is 0. The lowest BCUT2D eigenvalue weighted by molar-refractivity contribution is 0.501. The summed E-state index contributed by atoms with van der Waals surface area (Å²) in [6.45, 7) is 0. The first-order valence-corrected chi connectivity index (χ1v) is 7.11. The van der Waals surface area contributed by atoms with E-state index in [1.54, 1.807) is 6.07 Å². The Balaban J connectivity index is 1.76. The van der Waals surface area contributed by atoms with Crippen molar-refractivity contribution < 1.29 is 4.39 Å². The van der Waals surface area contributed by atoms with E-state index in [1.165, 1.54) is 37.1 Å². The topological polar surface area (TPSA) is 38.0 Å². The molecule has 0 bridgehead atoms. The Morgan fingerprint density at radius 1 is 1.41 bits per heavy atom. The Bertz CT molecular complexity index is 355. The van der Waals surface area contributed by atoms with Crippen LogP contribution >= 0.6 is 11.8 Å². The highest BCUT2D eigenvalue weighted by molar-refractivity contribution is 7.99. The summed E-state index contributed by atoms with van der Waals surface area (Å²) in [6, 6.07) is 7.16. The molecule has 17 heavy (non-hydrogen) atoms. The second kappa shape index (κ2) is 6.38. The molecule has 2 rings (SSSR count). The first-order chi connectivity index (χ1) is 8.29. The second-order valence-corrected chi connectivity index (χ2v) is 5.69. The maximum absolute atomic E-state index is 13.4. The van der Waals surface area contributed by atoms with E-state index in [1.807, 2.05) is 12.1 Å². The van der Waals surface area contributed by atoms with Gasteiger partial charge >= 0.3 is 0 Å². The van der Waals surface area contributed by atoms with Crippen LogP contribution in [0.3, 0.4) is 0 Å². The van der Waals surface area contributed by atoms with Crippen LogP contribution in [-0.2, 0) is 0 Å². The van der Waals surface area contributed by atoms with E-state index in [9.17, 15) is 4.39 Å². The summed E-state index contributed by atoms with van der Waals surface area (Å²) in [7, 11) is 0. The van der Waals surface area contributed by atoms with Gasteiger partial charge in [0.15, 0.2) is 0 Å². The van der Waals surface area contributed by atoms with Gasteiger partial charge in [-0.25, -0.2) is 4.39 Å². The maximum Gasteiger partial charge on any atom is 0.136 e. The van der Waals surface area contributed by atoms with Crippen molar-refractivity contribution in [2.24, 2.45) is 11.8 Å². The lowest BCUT2D eigenvalue weighted by atomic mass is 10.1. The van der Waals surface area contributed by atoms with Gasteiger partial charge in [-0.2, -0.15) is 0 Å². The lowest BCUT2D eigenvalue weighted by Gasteiger charge is -2.15. The number of nitrogens with one attached hydrogen (secondary N) is 1. The molecule has 0 radical (unpaired) electrons. The molecule has 4 heteroatoms. The number of hydrogen-bond acceptors (Lipinski definition) is 3. The Morgan fingerprint density at radius 2 is 2.18 bits per heavy atom. The van der Waals surface area contributed by atoms with Crippen LogP contribution in [0.1, 0.15) is 25.7 Å². The third kappa shape index (κ3) is 4.30. The first-order valence-electron chi connectivity index (χ1n) is 6.13. The average molecular weight is 254 g/mol. The number of halogens is 1. The van der Waals surface area contributed by atoms with Crippen LogP contribution in [0.2, 0.25) is 0 Å². The number of nitrogens with two attached hydrogens (primary N) is 1. The van der Waals surface area contributed by atoms with Crippen LogP contribution in [-0.4, -0.2) is 11.8 Å². The molecular formula is C13H19FN2S. The summed E-state index contributed by atoms with van der Waals surface area (Å²) in [5.41, 5.74) is 2.83. The molecule has 3 N–H and O–H groups in total. The Labute approximate surface area is 106 Å². The molecule has 1 unspecified atom stereocenters. The second-order valence-electron chi connectivity index (χ2n) is 4.63. The first kappa shape index (κ1) is 12.9. The maximum atomic E-state index is 13.4. The number of thioether (sulfide) groups is 1. The highest BCUT2D eigenvalue weighted by Gasteiger charge is 2.22. The Kier molecular flexibility index (Phi) is 4.83. The third-order valence-electron chi connectivity index (χ3n) is 3.13. The molecule has 1 aromatic carbocycles. The van der Waals surface area contributed by atoms with Crippen LogP contribution < -0.4 is 11.3 Å². The quantitative estimate of drug-likeness (QED) is 0.446. The molecule has 0 aromatic heterocycles. The summed E-state index contributed by atoms with van der Waals surface area (Å²) in [6.07, 6.45) is 5.07. The smallest absolute Gasteiger partial charge is 0.136 e. The van der Waals surface area contributed by atoms with Gasteiger partial charge in [0.05, 0.1) is 0 Å². The van der Waals surface area contributed by atoms with Crippen molar-refractivity contribution in [3.05, 3.63) is 30.1 Å². The molecule has 1 aliphatic rings. The molecule has 94 valence electrons. The molecule has 1 saturated carbocycles. The Morgan fingerprint density at radius 3 is 2.82 bits per heavy atom. The fourth-order valence-corrected chi connectivity index (χ4v) is 2.83. The van der Waals surface area contributed by atoms with Crippen LogP contribution in [0.15, 0.2) is 29.2 Å². The van der Waals surface area contributed by atoms with Crippen LogP contribution in [0.4, 0.5) is 4.39 Å². The lowest BCUT2D eigenvalue weighted by Crippen LogP contribution is -2.37. The fraction of sp³-hybridized carbons (Fsp3) is 0.538. The average Bonchev–Trinajstić information content (AvgIpc) is 3.15. The number of hydrazine groups is 1. The summed E-state index contributed by atoms with van der Waals surface area (Å²) < 4.78 is 13.4. The minimum Gasteiger partial charge on any atom is -0.271 e. The zero-order valence-electron chi connectivity index (χ0n) is 9.86. The van der Waals surface area contributed by atoms with E-state index in [2.05, 4.69) is 5.43 Å². The monoisotopic (exact) mass is 254 g/mol. The third-order valence-corrected chi connectivity index (χ3v) is 4.34. The fourth-order valence-electron chi connectivity index (χ4n) is 1.81. The predicted molar refractivity (Wildman–Crippen MR) is 70.2 cm³/mol. The number of hydrogen-bond donors (Lipinski definition) is 2. The van der Waals surface area contributed by atoms with Crippen molar-refractivity contribution in [1.29, 1.82) is 0 Å². The summed E-state index contributed by atoms with van der Waals surface area (Å²) >= 11 is 1.53. The summed E-state index contributed by atoms with van der Waals surface area (Å²) in [4.78, 5) is 0.708. The zero-order valence-corrected chi connectivity index (χ0v) is 10.7. The van der Waals surface area contributed by atoms with Gasteiger partial charge in [-0.05, 0) is 30.9 Å². The van der Waals surface area contributed by atoms with Gasteiger partial charge in [-0.1, -0.05) is 25.0 Å². The standard InChI is InChI=1S/C13H19FN2S/c14-12-3-1-2-4-13(12)17-9-11(16-15)8-7-10-5-6-10/h1-4,10-11,16H,5-9,15H2. The van der Waals surface area contributed by atoms with Crippen molar-refractivity contribution >= 4 is 11.8 Å². The highest BCUT2D eigenvalue weighted by atomic mass is 32.2. The Hall–Kier alpha value is -0.580. The summed E-state index contributed by atoms with van der Waals surface area (Å²) in [5.74, 6) is 7.13. The molecule has 0 spiro atoms. The van der Waals surface area contributed by atoms with Crippen molar-refractivity contribution in [3.8, 4) is 0 Å². The van der Waals surface area contributed by atoms with E-state index in [0.29, 0.717) is 4.90 Å². The van der Waals surface area contributed by atoms with Gasteiger partial charge in [-0.15, -0.1) is 11.8 Å². The highest BCUT2D eigenvalue weighted by Crippen LogP contribution is 2.34. The minimum atomic E-state index is -0.143. The molecule has 1 fully saturated rings. The van der Waals surface area contributed by atoms with Crippen molar-refractivity contribution in [2.45, 2.75) is 36.6 Å². The molecular weight excluding hydrogens is 235 g/mol. The predicted octanol–water partition coefficient (Wildman–Crippen LogP) is 2.94. The molecule has 1 aromatic rings. The minimum absolute atomic E-state index is 0.143. The molecule has 2 nitrogen and oxygen atoms in total. The van der Waals surface area contributed by atoms with Gasteiger partial charge in [0.1, 0.15) is 5.82 Å². The molecule has 1 atom stereocenters. The number of benzene rings is 1. The molecule has 0 aliphatic heterocycles. The van der Waals surface area contributed by atoms with E-state index in [4.69, 9.17) is 5.84 Å². The molecule has 1 aliphatic carbocycles. The normalized spacial score (nSPS) is 17.1. The zero-order chi connectivity index (χ0) is 12.1. The van der Waals surface area contributed by atoms with Gasteiger partial charge in [0.25, 0.3) is 0 Å². The van der Waals surface area contributed by atoms with Gasteiger partial charge in [0, 0.05) is 16.7 Å². The molecule has 0 amide bonds. The number of rotatable bonds is 7. The van der Waals surface area contributed by atoms with Crippen LogP contribution in [0.5, 0.6) is 0 Å². The van der Waals surface area contributed by atoms with E-state index >= 15 is 0 Å². The van der Waals surface area contributed by atoms with E-state index < -0.39 is 0 Å². The van der Waals surface area contributed by atoms with E-state index in [-0.39, 0.29) is 11.9 Å².